The predicted octanol–water partition coefficient (Wildman–Crippen LogP) is 3.57. The monoisotopic (exact) mass is 324 g/mol. The summed E-state index contributed by atoms with van der Waals surface area (Å²) in [5.41, 5.74) is 8.20. The molecule has 0 radical (unpaired) electrons. The molecule has 2 aromatic rings. The molecule has 1 heterocycles. The Bertz CT molecular complexity index is 616. The molecule has 0 bridgehead atoms. The summed E-state index contributed by atoms with van der Waals surface area (Å²) in [5, 5.41) is 3.11. The fourth-order valence-corrected chi connectivity index (χ4v) is 2.25. The van der Waals surface area contributed by atoms with E-state index in [0.717, 1.165) is 11.1 Å². The van der Waals surface area contributed by atoms with E-state index in [4.69, 9.17) is 5.73 Å². The highest BCUT2D eigenvalue weighted by atomic mass is 79.9. The first-order valence-corrected chi connectivity index (χ1v) is 6.64. The van der Waals surface area contributed by atoms with Gasteiger partial charge < -0.3 is 11.1 Å². The number of nitrogens with zero attached hydrogens (tertiary/aromatic N) is 2. The van der Waals surface area contributed by atoms with Crippen LogP contribution in [0.3, 0.4) is 0 Å². The van der Waals surface area contributed by atoms with Crippen molar-refractivity contribution in [1.29, 1.82) is 0 Å². The second-order valence-corrected chi connectivity index (χ2v) is 5.00. The van der Waals surface area contributed by atoms with Crippen molar-refractivity contribution in [3.63, 3.8) is 0 Å². The van der Waals surface area contributed by atoms with Gasteiger partial charge in [0.1, 0.15) is 23.8 Å². The number of anilines is 3. The van der Waals surface area contributed by atoms with E-state index in [9.17, 15) is 4.39 Å². The highest BCUT2D eigenvalue weighted by Gasteiger charge is 2.10. The minimum atomic E-state index is -0.326. The Kier molecular flexibility index (Phi) is 3.99. The standard InChI is InChI=1S/C13H14BrFN4/c1-3-8-12(16)17-6-18-13(8)19-11-5-10(15)9(14)4-7(11)2/h4-6H,3H2,1-2H3,(H3,16,17,18,19). The van der Waals surface area contributed by atoms with Crippen LogP contribution in [-0.4, -0.2) is 9.97 Å². The highest BCUT2D eigenvalue weighted by Crippen LogP contribution is 2.28. The first-order chi connectivity index (χ1) is 9.02. The Balaban J connectivity index is 2.42. The van der Waals surface area contributed by atoms with E-state index in [-0.39, 0.29) is 5.82 Å². The van der Waals surface area contributed by atoms with Crippen LogP contribution in [0.15, 0.2) is 22.9 Å². The lowest BCUT2D eigenvalue weighted by atomic mass is 10.1. The van der Waals surface area contributed by atoms with Crippen molar-refractivity contribution in [2.24, 2.45) is 0 Å². The summed E-state index contributed by atoms with van der Waals surface area (Å²) in [7, 11) is 0. The zero-order valence-electron chi connectivity index (χ0n) is 10.7. The summed E-state index contributed by atoms with van der Waals surface area (Å²) in [6.07, 6.45) is 2.09. The van der Waals surface area contributed by atoms with Gasteiger partial charge in [0.15, 0.2) is 0 Å². The molecule has 1 aromatic heterocycles. The molecule has 0 atom stereocenters. The van der Waals surface area contributed by atoms with Gasteiger partial charge in [0, 0.05) is 11.3 Å². The van der Waals surface area contributed by atoms with E-state index in [2.05, 4.69) is 31.2 Å². The number of nitrogen functional groups attached to an aromatic ring is 1. The molecule has 6 heteroatoms. The Labute approximate surface area is 119 Å². The molecule has 0 amide bonds. The fraction of sp³-hybridized carbons (Fsp3) is 0.231. The van der Waals surface area contributed by atoms with Crippen LogP contribution in [0.1, 0.15) is 18.1 Å². The van der Waals surface area contributed by atoms with Gasteiger partial charge in [0.05, 0.1) is 4.47 Å². The molecule has 100 valence electrons. The van der Waals surface area contributed by atoms with Crippen molar-refractivity contribution in [2.75, 3.05) is 11.1 Å². The second kappa shape index (κ2) is 5.52. The van der Waals surface area contributed by atoms with Crippen LogP contribution in [0, 0.1) is 12.7 Å². The van der Waals surface area contributed by atoms with Gasteiger partial charge in [-0.3, -0.25) is 0 Å². The zero-order chi connectivity index (χ0) is 14.0. The molecule has 0 saturated heterocycles. The molecule has 4 nitrogen and oxygen atoms in total. The minimum absolute atomic E-state index is 0.326. The predicted molar refractivity (Wildman–Crippen MR) is 77.9 cm³/mol. The van der Waals surface area contributed by atoms with E-state index in [1.807, 2.05) is 13.8 Å². The zero-order valence-corrected chi connectivity index (χ0v) is 12.3. The number of nitrogens with one attached hydrogen (secondary N) is 1. The van der Waals surface area contributed by atoms with Crippen molar-refractivity contribution in [3.05, 3.63) is 39.9 Å². The van der Waals surface area contributed by atoms with Crippen LogP contribution >= 0.6 is 15.9 Å². The molecule has 0 aliphatic rings. The first kappa shape index (κ1) is 13.7. The summed E-state index contributed by atoms with van der Waals surface area (Å²) in [4.78, 5) is 8.11. The maximum absolute atomic E-state index is 13.6. The lowest BCUT2D eigenvalue weighted by Crippen LogP contribution is -2.05. The highest BCUT2D eigenvalue weighted by molar-refractivity contribution is 9.10. The molecule has 0 fully saturated rings. The molecule has 1 aromatic carbocycles. The van der Waals surface area contributed by atoms with E-state index < -0.39 is 0 Å². The number of benzene rings is 1. The van der Waals surface area contributed by atoms with Crippen molar-refractivity contribution in [3.8, 4) is 0 Å². The van der Waals surface area contributed by atoms with Crippen molar-refractivity contribution >= 4 is 33.3 Å². The topological polar surface area (TPSA) is 63.8 Å². The summed E-state index contributed by atoms with van der Waals surface area (Å²) in [6, 6.07) is 3.14. The second-order valence-electron chi connectivity index (χ2n) is 4.15. The summed E-state index contributed by atoms with van der Waals surface area (Å²) < 4.78 is 14.0. The quantitative estimate of drug-likeness (QED) is 0.905. The molecular formula is C13H14BrFN4. The normalized spacial score (nSPS) is 10.5. The number of aromatic nitrogens is 2. The largest absolute Gasteiger partial charge is 0.383 e. The fourth-order valence-electron chi connectivity index (χ4n) is 1.79. The molecule has 3 N–H and O–H groups in total. The third-order valence-corrected chi connectivity index (χ3v) is 3.46. The average Bonchev–Trinajstić information content (AvgIpc) is 2.36. The van der Waals surface area contributed by atoms with Crippen LogP contribution in [-0.2, 0) is 6.42 Å². The van der Waals surface area contributed by atoms with Gasteiger partial charge in [-0.15, -0.1) is 0 Å². The third-order valence-electron chi connectivity index (χ3n) is 2.85. The Morgan fingerprint density at radius 3 is 2.79 bits per heavy atom. The molecule has 0 aliphatic heterocycles. The van der Waals surface area contributed by atoms with Gasteiger partial charge in [0.25, 0.3) is 0 Å². The molecule has 0 unspecified atom stereocenters. The Morgan fingerprint density at radius 1 is 1.37 bits per heavy atom. The van der Waals surface area contributed by atoms with Gasteiger partial charge in [-0.1, -0.05) is 6.92 Å². The smallest absolute Gasteiger partial charge is 0.139 e. The Hall–Kier alpha value is -1.69. The van der Waals surface area contributed by atoms with Crippen LogP contribution in [0.25, 0.3) is 0 Å². The Morgan fingerprint density at radius 2 is 2.11 bits per heavy atom. The van der Waals surface area contributed by atoms with Crippen molar-refractivity contribution < 1.29 is 4.39 Å². The first-order valence-electron chi connectivity index (χ1n) is 5.85. The molecule has 0 spiro atoms. The number of aryl methyl sites for hydroxylation is 1. The number of halogens is 2. The van der Waals surface area contributed by atoms with Gasteiger partial charge in [-0.2, -0.15) is 0 Å². The van der Waals surface area contributed by atoms with Gasteiger partial charge in [-0.05, 0) is 47.0 Å². The maximum Gasteiger partial charge on any atom is 0.139 e. The van der Waals surface area contributed by atoms with E-state index >= 15 is 0 Å². The third kappa shape index (κ3) is 2.84. The minimum Gasteiger partial charge on any atom is -0.383 e. The lowest BCUT2D eigenvalue weighted by Gasteiger charge is -2.13. The molecule has 0 aliphatic carbocycles. The van der Waals surface area contributed by atoms with E-state index in [1.165, 1.54) is 12.4 Å². The number of hydrogen-bond acceptors (Lipinski definition) is 4. The van der Waals surface area contributed by atoms with E-state index in [0.29, 0.717) is 28.2 Å². The van der Waals surface area contributed by atoms with Gasteiger partial charge >= 0.3 is 0 Å². The maximum atomic E-state index is 13.6. The number of hydrogen-bond donors (Lipinski definition) is 2. The number of nitrogens with two attached hydrogens (primary N) is 1. The molecule has 2 rings (SSSR count). The van der Waals surface area contributed by atoms with Crippen LogP contribution in [0.4, 0.5) is 21.7 Å². The number of rotatable bonds is 3. The van der Waals surface area contributed by atoms with E-state index in [1.54, 1.807) is 6.07 Å². The van der Waals surface area contributed by atoms with Crippen molar-refractivity contribution in [1.82, 2.24) is 9.97 Å². The van der Waals surface area contributed by atoms with Crippen LogP contribution in [0.5, 0.6) is 0 Å². The summed E-state index contributed by atoms with van der Waals surface area (Å²) in [5.74, 6) is 0.725. The molecule has 0 saturated carbocycles. The van der Waals surface area contributed by atoms with Crippen LogP contribution < -0.4 is 11.1 Å². The average molecular weight is 325 g/mol. The SMILES string of the molecule is CCc1c(N)ncnc1Nc1cc(F)c(Br)cc1C. The summed E-state index contributed by atoms with van der Waals surface area (Å²) in [6.45, 7) is 3.86. The van der Waals surface area contributed by atoms with Gasteiger partial charge in [-0.25, -0.2) is 14.4 Å². The van der Waals surface area contributed by atoms with Crippen LogP contribution in [0.2, 0.25) is 0 Å². The lowest BCUT2D eigenvalue weighted by molar-refractivity contribution is 0.621. The molecule has 19 heavy (non-hydrogen) atoms. The van der Waals surface area contributed by atoms with Gasteiger partial charge in [0.2, 0.25) is 0 Å². The molecular weight excluding hydrogens is 311 g/mol. The van der Waals surface area contributed by atoms with Crippen molar-refractivity contribution in [2.45, 2.75) is 20.3 Å². The summed E-state index contributed by atoms with van der Waals surface area (Å²) >= 11 is 3.16.